The van der Waals surface area contributed by atoms with Gasteiger partial charge in [0.05, 0.1) is 18.8 Å². The van der Waals surface area contributed by atoms with E-state index >= 15 is 0 Å². The van der Waals surface area contributed by atoms with Crippen molar-refractivity contribution in [3.05, 3.63) is 92.4 Å². The van der Waals surface area contributed by atoms with Crippen LogP contribution in [0.4, 0.5) is 0 Å². The number of nitrogens with zero attached hydrogens (tertiary/aromatic N) is 1. The number of nitrogens with one attached hydrogen (secondary N) is 1. The van der Waals surface area contributed by atoms with E-state index in [1.807, 2.05) is 0 Å². The van der Waals surface area contributed by atoms with Gasteiger partial charge in [-0.3, -0.25) is 4.90 Å². The van der Waals surface area contributed by atoms with Crippen LogP contribution in [0, 0.1) is 0 Å². The molecular formula is C26H26Br2N2O. The Labute approximate surface area is 201 Å². The smallest absolute Gasteiger partial charge is 0.0816 e. The Kier molecular flexibility index (Phi) is 6.58. The molecule has 2 atom stereocenters. The van der Waals surface area contributed by atoms with Crippen LogP contribution in [0.25, 0.3) is 11.1 Å². The van der Waals surface area contributed by atoms with E-state index in [4.69, 9.17) is 4.74 Å². The van der Waals surface area contributed by atoms with E-state index in [1.165, 1.54) is 27.8 Å². The lowest BCUT2D eigenvalue weighted by Gasteiger charge is -2.36. The second-order valence-corrected chi connectivity index (χ2v) is 10.2. The van der Waals surface area contributed by atoms with E-state index < -0.39 is 0 Å². The number of fused-ring (bicyclic) bond motifs is 1. The molecule has 0 unspecified atom stereocenters. The highest BCUT2D eigenvalue weighted by atomic mass is 79.9. The van der Waals surface area contributed by atoms with Gasteiger partial charge in [-0.25, -0.2) is 0 Å². The molecule has 0 radical (unpaired) electrons. The van der Waals surface area contributed by atoms with Gasteiger partial charge in [0, 0.05) is 41.5 Å². The normalized spacial score (nSPS) is 21.2. The van der Waals surface area contributed by atoms with Crippen LogP contribution in [0.5, 0.6) is 0 Å². The van der Waals surface area contributed by atoms with Crippen molar-refractivity contribution < 1.29 is 4.74 Å². The Bertz CT molecular complexity index is 1030. The van der Waals surface area contributed by atoms with Gasteiger partial charge in [0.1, 0.15) is 0 Å². The molecule has 1 aliphatic heterocycles. The maximum absolute atomic E-state index is 6.59. The molecule has 31 heavy (non-hydrogen) atoms. The Morgan fingerprint density at radius 2 is 1.61 bits per heavy atom. The summed E-state index contributed by atoms with van der Waals surface area (Å²) in [5, 5.41) is 3.49. The van der Waals surface area contributed by atoms with Crippen molar-refractivity contribution in [2.45, 2.75) is 25.2 Å². The van der Waals surface area contributed by atoms with Crippen LogP contribution in [0.15, 0.2) is 75.7 Å². The van der Waals surface area contributed by atoms with Crippen LogP contribution in [-0.4, -0.2) is 37.2 Å². The summed E-state index contributed by atoms with van der Waals surface area (Å²) in [4.78, 5) is 2.60. The largest absolute Gasteiger partial charge is 0.371 e. The summed E-state index contributed by atoms with van der Waals surface area (Å²) >= 11 is 7.19. The molecule has 0 aromatic heterocycles. The minimum atomic E-state index is 0.164. The number of rotatable bonds is 5. The topological polar surface area (TPSA) is 24.5 Å². The van der Waals surface area contributed by atoms with Gasteiger partial charge in [-0.05, 0) is 46.0 Å². The highest BCUT2D eigenvalue weighted by molar-refractivity contribution is 9.11. The lowest BCUT2D eigenvalue weighted by atomic mass is 9.99. The highest BCUT2D eigenvalue weighted by Crippen LogP contribution is 2.40. The molecule has 2 aliphatic rings. The predicted octanol–water partition coefficient (Wildman–Crippen LogP) is 5.97. The predicted molar refractivity (Wildman–Crippen MR) is 133 cm³/mol. The molecule has 1 saturated heterocycles. The van der Waals surface area contributed by atoms with Gasteiger partial charge in [0.2, 0.25) is 0 Å². The highest BCUT2D eigenvalue weighted by Gasteiger charge is 2.37. The molecule has 1 fully saturated rings. The third-order valence-corrected chi connectivity index (χ3v) is 7.19. The Morgan fingerprint density at radius 3 is 2.35 bits per heavy atom. The monoisotopic (exact) mass is 540 g/mol. The molecule has 5 heteroatoms. The van der Waals surface area contributed by atoms with E-state index in [-0.39, 0.29) is 6.10 Å². The second-order valence-electron chi connectivity index (χ2n) is 8.34. The summed E-state index contributed by atoms with van der Waals surface area (Å²) in [5.41, 5.74) is 6.59. The molecule has 1 N–H and O–H groups in total. The average Bonchev–Trinajstić information content (AvgIpc) is 3.16. The zero-order valence-corrected chi connectivity index (χ0v) is 20.5. The van der Waals surface area contributed by atoms with Gasteiger partial charge in [-0.1, -0.05) is 80.4 Å². The van der Waals surface area contributed by atoms with Gasteiger partial charge >= 0.3 is 0 Å². The van der Waals surface area contributed by atoms with E-state index in [2.05, 4.69) is 109 Å². The van der Waals surface area contributed by atoms with Crippen molar-refractivity contribution >= 4 is 31.9 Å². The Balaban J connectivity index is 1.42. The molecule has 5 rings (SSSR count). The fourth-order valence-electron chi connectivity index (χ4n) is 4.85. The third kappa shape index (κ3) is 4.81. The number of hydrogen-bond acceptors (Lipinski definition) is 3. The number of hydrogen-bond donors (Lipinski definition) is 1. The molecule has 1 aliphatic carbocycles. The molecule has 0 bridgehead atoms. The van der Waals surface area contributed by atoms with Gasteiger partial charge in [0.15, 0.2) is 0 Å². The van der Waals surface area contributed by atoms with Crippen molar-refractivity contribution in [1.29, 1.82) is 0 Å². The molecule has 0 spiro atoms. The standard InChI is InChI=1S/C26H26Br2N2O/c27-22-12-18(13-23(28)16-22)17-31-25-15-21-14-20(19-4-2-1-3-5-19)6-7-24(21)26(25)30-10-8-29-9-11-30/h1-7,12-14,16,25-26,29H,8-11,15,17H2/t25-,26-/m1/s1. The van der Waals surface area contributed by atoms with E-state index in [0.29, 0.717) is 12.6 Å². The lowest BCUT2D eigenvalue weighted by Crippen LogP contribution is -2.47. The summed E-state index contributed by atoms with van der Waals surface area (Å²) in [6.45, 7) is 4.82. The van der Waals surface area contributed by atoms with E-state index in [9.17, 15) is 0 Å². The van der Waals surface area contributed by atoms with Crippen LogP contribution in [0.2, 0.25) is 0 Å². The summed E-state index contributed by atoms with van der Waals surface area (Å²) in [7, 11) is 0. The Morgan fingerprint density at radius 1 is 0.871 bits per heavy atom. The second kappa shape index (κ2) is 9.55. The molecule has 160 valence electrons. The van der Waals surface area contributed by atoms with Crippen molar-refractivity contribution in [3.8, 4) is 11.1 Å². The van der Waals surface area contributed by atoms with Crippen LogP contribution in [0.3, 0.4) is 0 Å². The third-order valence-electron chi connectivity index (χ3n) is 6.27. The van der Waals surface area contributed by atoms with Crippen LogP contribution in [0.1, 0.15) is 22.7 Å². The summed E-state index contributed by atoms with van der Waals surface area (Å²) in [6.07, 6.45) is 1.12. The van der Waals surface area contributed by atoms with Crippen LogP contribution >= 0.6 is 31.9 Å². The number of benzene rings is 3. The molecular weight excluding hydrogens is 516 g/mol. The van der Waals surface area contributed by atoms with Gasteiger partial charge in [-0.15, -0.1) is 0 Å². The quantitative estimate of drug-likeness (QED) is 0.431. The van der Waals surface area contributed by atoms with Crippen molar-refractivity contribution in [3.63, 3.8) is 0 Å². The number of ether oxygens (including phenoxy) is 1. The average molecular weight is 542 g/mol. The number of piperazine rings is 1. The first-order chi connectivity index (χ1) is 15.2. The zero-order chi connectivity index (χ0) is 21.2. The Hall–Kier alpha value is -1.50. The zero-order valence-electron chi connectivity index (χ0n) is 17.4. The van der Waals surface area contributed by atoms with Crippen molar-refractivity contribution in [2.75, 3.05) is 26.2 Å². The van der Waals surface area contributed by atoms with Crippen molar-refractivity contribution in [1.82, 2.24) is 10.2 Å². The molecule has 0 saturated carbocycles. The van der Waals surface area contributed by atoms with Crippen molar-refractivity contribution in [2.24, 2.45) is 0 Å². The summed E-state index contributed by atoms with van der Waals surface area (Å²) in [6, 6.07) is 24.3. The van der Waals surface area contributed by atoms with Gasteiger partial charge in [-0.2, -0.15) is 0 Å². The molecule has 3 nitrogen and oxygen atoms in total. The maximum atomic E-state index is 6.59. The summed E-state index contributed by atoms with van der Waals surface area (Å²) < 4.78 is 8.73. The van der Waals surface area contributed by atoms with Gasteiger partial charge in [0.25, 0.3) is 0 Å². The molecule has 3 aromatic carbocycles. The minimum Gasteiger partial charge on any atom is -0.371 e. The fraction of sp³-hybridized carbons (Fsp3) is 0.308. The van der Waals surface area contributed by atoms with E-state index in [0.717, 1.165) is 41.5 Å². The molecule has 3 aromatic rings. The van der Waals surface area contributed by atoms with E-state index in [1.54, 1.807) is 0 Å². The maximum Gasteiger partial charge on any atom is 0.0816 e. The SMILES string of the molecule is Brc1cc(Br)cc(CO[C@@H]2Cc3cc(-c4ccccc4)ccc3[C@H]2N2CCNCC2)c1. The fourth-order valence-corrected chi connectivity index (χ4v) is 6.24. The van der Waals surface area contributed by atoms with Crippen LogP contribution in [-0.2, 0) is 17.8 Å². The summed E-state index contributed by atoms with van der Waals surface area (Å²) in [5.74, 6) is 0. The van der Waals surface area contributed by atoms with Gasteiger partial charge < -0.3 is 10.1 Å². The molecule has 1 heterocycles. The first-order valence-corrected chi connectivity index (χ1v) is 12.5. The first-order valence-electron chi connectivity index (χ1n) is 10.9. The molecule has 0 amide bonds. The number of halogens is 2. The van der Waals surface area contributed by atoms with Crippen LogP contribution < -0.4 is 5.32 Å². The lowest BCUT2D eigenvalue weighted by molar-refractivity contribution is -0.0188. The first kappa shape index (κ1) is 21.4. The minimum absolute atomic E-state index is 0.164.